The van der Waals surface area contributed by atoms with Gasteiger partial charge in [0, 0.05) is 13.5 Å². The summed E-state index contributed by atoms with van der Waals surface area (Å²) in [5.41, 5.74) is 1.92. The van der Waals surface area contributed by atoms with Crippen LogP contribution in [0, 0.1) is 5.92 Å². The molecule has 0 aliphatic heterocycles. The fourth-order valence-electron chi connectivity index (χ4n) is 0.442. The topological polar surface area (TPSA) is 67.4 Å². The molecule has 0 radical (unpaired) electrons. The van der Waals surface area contributed by atoms with Crippen LogP contribution >= 0.6 is 0 Å². The Balaban J connectivity index is 3.40. The zero-order chi connectivity index (χ0) is 9.56. The number of hydrogen-bond acceptors (Lipinski definition) is 3. The number of hydroxylamine groups is 1. The van der Waals surface area contributed by atoms with Gasteiger partial charge in [-0.1, -0.05) is 13.8 Å². The maximum atomic E-state index is 10.7. The van der Waals surface area contributed by atoms with Crippen LogP contribution in [0.4, 0.5) is 4.79 Å². The molecule has 12 heavy (non-hydrogen) atoms. The summed E-state index contributed by atoms with van der Waals surface area (Å²) in [7, 11) is 0. The Morgan fingerprint density at radius 2 is 2.00 bits per heavy atom. The van der Waals surface area contributed by atoms with E-state index in [-0.39, 0.29) is 0 Å². The predicted octanol–water partition coefficient (Wildman–Crippen LogP) is 0.420. The first-order chi connectivity index (χ1) is 5.52. The lowest BCUT2D eigenvalue weighted by Gasteiger charge is -2.07. The second kappa shape index (κ2) is 5.40. The van der Waals surface area contributed by atoms with Crippen molar-refractivity contribution in [3.63, 3.8) is 0 Å². The minimum Gasteiger partial charge on any atom is -0.322 e. The lowest BCUT2D eigenvalue weighted by Crippen LogP contribution is -2.34. The van der Waals surface area contributed by atoms with E-state index in [0.29, 0.717) is 12.5 Å². The molecule has 70 valence electrons. The second-order valence-corrected chi connectivity index (χ2v) is 2.82. The van der Waals surface area contributed by atoms with Crippen molar-refractivity contribution in [3.05, 3.63) is 0 Å². The third kappa shape index (κ3) is 6.85. The zero-order valence-electron chi connectivity index (χ0n) is 7.51. The van der Waals surface area contributed by atoms with Crippen molar-refractivity contribution in [1.29, 1.82) is 0 Å². The molecule has 0 heterocycles. The first kappa shape index (κ1) is 10.7. The van der Waals surface area contributed by atoms with E-state index in [2.05, 4.69) is 10.2 Å². The molecule has 0 rings (SSSR count). The van der Waals surface area contributed by atoms with Crippen molar-refractivity contribution in [3.8, 4) is 0 Å². The van der Waals surface area contributed by atoms with Gasteiger partial charge in [-0.05, 0) is 5.92 Å². The zero-order valence-corrected chi connectivity index (χ0v) is 7.51. The molecule has 0 spiro atoms. The van der Waals surface area contributed by atoms with Crippen molar-refractivity contribution in [1.82, 2.24) is 10.8 Å². The summed E-state index contributed by atoms with van der Waals surface area (Å²) < 4.78 is 0. The van der Waals surface area contributed by atoms with Gasteiger partial charge in [0.25, 0.3) is 0 Å². The molecule has 0 saturated heterocycles. The average Bonchev–Trinajstić information content (AvgIpc) is 1.96. The summed E-state index contributed by atoms with van der Waals surface area (Å²) in [6, 6.07) is 0. The van der Waals surface area contributed by atoms with Gasteiger partial charge in [0.1, 0.15) is 0 Å². The summed E-state index contributed by atoms with van der Waals surface area (Å²) >= 11 is 0. The van der Waals surface area contributed by atoms with E-state index in [9.17, 15) is 9.59 Å². The van der Waals surface area contributed by atoms with Crippen LogP contribution in [0.25, 0.3) is 0 Å². The number of carbonyl (C=O) groups is 2. The molecule has 0 bridgehead atoms. The highest BCUT2D eigenvalue weighted by Gasteiger charge is 2.02. The molecular formula is C7H14N2O3. The monoisotopic (exact) mass is 174 g/mol. The number of carbonyl (C=O) groups excluding carboxylic acids is 2. The van der Waals surface area contributed by atoms with Gasteiger partial charge in [-0.3, -0.25) is 4.79 Å². The molecule has 2 N–H and O–H groups in total. The van der Waals surface area contributed by atoms with Crippen LogP contribution in [0.1, 0.15) is 20.8 Å². The molecule has 0 aliphatic rings. The molecule has 0 aliphatic carbocycles. The van der Waals surface area contributed by atoms with Gasteiger partial charge >= 0.3 is 6.09 Å². The highest BCUT2D eigenvalue weighted by atomic mass is 16.7. The normalized spacial score (nSPS) is 9.33. The number of amides is 2. The van der Waals surface area contributed by atoms with Crippen molar-refractivity contribution in [2.24, 2.45) is 5.92 Å². The molecule has 5 heteroatoms. The molecule has 0 atom stereocenters. The van der Waals surface area contributed by atoms with E-state index < -0.39 is 12.0 Å². The van der Waals surface area contributed by atoms with Crippen LogP contribution in [0.5, 0.6) is 0 Å². The van der Waals surface area contributed by atoms with Gasteiger partial charge in [0.05, 0.1) is 0 Å². The van der Waals surface area contributed by atoms with E-state index >= 15 is 0 Å². The summed E-state index contributed by atoms with van der Waals surface area (Å²) in [6.07, 6.45) is -0.640. The fraction of sp³-hybridized carbons (Fsp3) is 0.714. The Morgan fingerprint density at radius 1 is 1.42 bits per heavy atom. The minimum atomic E-state index is -0.640. The third-order valence-corrected chi connectivity index (χ3v) is 0.942. The smallest absolute Gasteiger partial charge is 0.322 e. The van der Waals surface area contributed by atoms with Gasteiger partial charge in [-0.15, -0.1) is 0 Å². The number of nitrogens with one attached hydrogen (secondary N) is 2. The summed E-state index contributed by atoms with van der Waals surface area (Å²) in [6.45, 7) is 5.70. The fourth-order valence-corrected chi connectivity index (χ4v) is 0.442. The molecule has 2 amide bonds. The predicted molar refractivity (Wildman–Crippen MR) is 43.1 cm³/mol. The Hall–Kier alpha value is -1.26. The third-order valence-electron chi connectivity index (χ3n) is 0.942. The molecular weight excluding hydrogens is 160 g/mol. The van der Waals surface area contributed by atoms with E-state index in [1.54, 1.807) is 0 Å². The van der Waals surface area contributed by atoms with E-state index in [0.717, 1.165) is 0 Å². The van der Waals surface area contributed by atoms with Gasteiger partial charge in [0.15, 0.2) is 0 Å². The molecule has 0 unspecified atom stereocenters. The van der Waals surface area contributed by atoms with Crippen LogP contribution in [-0.4, -0.2) is 18.5 Å². The average molecular weight is 174 g/mol. The van der Waals surface area contributed by atoms with E-state index in [4.69, 9.17) is 0 Å². The lowest BCUT2D eigenvalue weighted by molar-refractivity contribution is -0.127. The lowest BCUT2D eigenvalue weighted by atomic mass is 10.2. The SMILES string of the molecule is CC(=O)NOC(=O)NCC(C)C. The summed E-state index contributed by atoms with van der Waals surface area (Å²) in [4.78, 5) is 25.3. The number of rotatable bonds is 2. The standard InChI is InChI=1S/C7H14N2O3/c1-5(2)4-8-7(11)12-9-6(3)10/h5H,4H2,1-3H3,(H,8,11)(H,9,10). The molecule has 0 aromatic heterocycles. The minimum absolute atomic E-state index is 0.356. The first-order valence-electron chi connectivity index (χ1n) is 3.73. The van der Waals surface area contributed by atoms with E-state index in [1.807, 2.05) is 19.3 Å². The van der Waals surface area contributed by atoms with Gasteiger partial charge in [-0.2, -0.15) is 5.48 Å². The van der Waals surface area contributed by atoms with Crippen molar-refractivity contribution in [2.75, 3.05) is 6.54 Å². The Bertz CT molecular complexity index is 168. The molecule has 0 aromatic rings. The maximum Gasteiger partial charge on any atom is 0.431 e. The number of hydrogen-bond donors (Lipinski definition) is 2. The first-order valence-corrected chi connectivity index (χ1v) is 3.73. The van der Waals surface area contributed by atoms with E-state index in [1.165, 1.54) is 6.92 Å². The quantitative estimate of drug-likeness (QED) is 0.596. The van der Waals surface area contributed by atoms with Gasteiger partial charge < -0.3 is 10.2 Å². The van der Waals surface area contributed by atoms with Crippen LogP contribution in [0.15, 0.2) is 0 Å². The van der Waals surface area contributed by atoms with Crippen LogP contribution in [0.3, 0.4) is 0 Å². The van der Waals surface area contributed by atoms with Crippen molar-refractivity contribution < 1.29 is 14.4 Å². The highest BCUT2D eigenvalue weighted by molar-refractivity contribution is 5.75. The summed E-state index contributed by atoms with van der Waals surface area (Å²) in [5, 5.41) is 2.46. The Labute approximate surface area is 71.4 Å². The summed E-state index contributed by atoms with van der Waals surface area (Å²) in [5.74, 6) is -0.0513. The van der Waals surface area contributed by atoms with Gasteiger partial charge in [-0.25, -0.2) is 4.79 Å². The molecule has 5 nitrogen and oxygen atoms in total. The Kier molecular flexibility index (Phi) is 4.83. The largest absolute Gasteiger partial charge is 0.431 e. The van der Waals surface area contributed by atoms with Crippen molar-refractivity contribution in [2.45, 2.75) is 20.8 Å². The highest BCUT2D eigenvalue weighted by Crippen LogP contribution is 1.86. The second-order valence-electron chi connectivity index (χ2n) is 2.82. The molecule has 0 aromatic carbocycles. The maximum absolute atomic E-state index is 10.7. The Morgan fingerprint density at radius 3 is 2.42 bits per heavy atom. The van der Waals surface area contributed by atoms with Crippen LogP contribution in [-0.2, 0) is 9.63 Å². The van der Waals surface area contributed by atoms with Crippen LogP contribution < -0.4 is 10.8 Å². The van der Waals surface area contributed by atoms with Crippen molar-refractivity contribution >= 4 is 12.0 Å². The van der Waals surface area contributed by atoms with Crippen LogP contribution in [0.2, 0.25) is 0 Å². The molecule has 0 saturated carbocycles. The van der Waals surface area contributed by atoms with Gasteiger partial charge in [0.2, 0.25) is 5.91 Å². The molecule has 0 fully saturated rings.